The summed E-state index contributed by atoms with van der Waals surface area (Å²) in [6.07, 6.45) is 11.7. The molecule has 0 N–H and O–H groups in total. The Bertz CT molecular complexity index is 666. The van der Waals surface area contributed by atoms with Crippen molar-refractivity contribution < 1.29 is 22.7 Å². The minimum absolute atomic E-state index is 0.0856. The summed E-state index contributed by atoms with van der Waals surface area (Å²) in [5, 5.41) is 0. The van der Waals surface area contributed by atoms with Crippen LogP contribution < -0.4 is 4.74 Å². The van der Waals surface area contributed by atoms with Crippen molar-refractivity contribution in [2.75, 3.05) is 0 Å². The Hall–Kier alpha value is -1.17. The highest BCUT2D eigenvalue weighted by Gasteiger charge is 2.33. The molecule has 0 aromatic heterocycles. The third-order valence-electron chi connectivity index (χ3n) is 6.70. The van der Waals surface area contributed by atoms with E-state index in [0.29, 0.717) is 5.92 Å². The van der Waals surface area contributed by atoms with Crippen LogP contribution in [0.2, 0.25) is 0 Å². The number of rotatable bonds is 7. The summed E-state index contributed by atoms with van der Waals surface area (Å²) in [5.41, 5.74) is 0. The zero-order valence-corrected chi connectivity index (χ0v) is 17.9. The quantitative estimate of drug-likeness (QED) is 0.256. The Morgan fingerprint density at radius 2 is 1.69 bits per heavy atom. The lowest BCUT2D eigenvalue weighted by Gasteiger charge is -2.37. The predicted octanol–water partition coefficient (Wildman–Crippen LogP) is 7.46. The summed E-state index contributed by atoms with van der Waals surface area (Å²) < 4.78 is 44.0. The van der Waals surface area contributed by atoms with Crippen LogP contribution in [0.3, 0.4) is 0 Å². The van der Waals surface area contributed by atoms with Crippen molar-refractivity contribution >= 4 is 17.7 Å². The van der Waals surface area contributed by atoms with Gasteiger partial charge in [-0.15, -0.1) is 0 Å². The van der Waals surface area contributed by atoms with Gasteiger partial charge in [0.1, 0.15) is 11.6 Å². The van der Waals surface area contributed by atoms with Gasteiger partial charge in [0.2, 0.25) is 0 Å². The summed E-state index contributed by atoms with van der Waals surface area (Å²) in [7, 11) is 0. The summed E-state index contributed by atoms with van der Waals surface area (Å²) in [6, 6.07) is 3.63. The fourth-order valence-corrected chi connectivity index (χ4v) is 5.63. The van der Waals surface area contributed by atoms with Gasteiger partial charge >= 0.3 is 5.97 Å². The van der Waals surface area contributed by atoms with Crippen molar-refractivity contribution in [3.8, 4) is 5.75 Å². The molecule has 0 saturated heterocycles. The van der Waals surface area contributed by atoms with Crippen LogP contribution in [-0.2, 0) is 4.79 Å². The van der Waals surface area contributed by atoms with Gasteiger partial charge in [-0.2, -0.15) is 8.78 Å². The van der Waals surface area contributed by atoms with Gasteiger partial charge in [-0.05, 0) is 68.4 Å². The second-order valence-electron chi connectivity index (χ2n) is 8.57. The molecule has 3 rings (SSSR count). The molecule has 0 radical (unpaired) electrons. The van der Waals surface area contributed by atoms with Crippen molar-refractivity contribution in [3.05, 3.63) is 24.0 Å². The lowest BCUT2D eigenvalue weighted by atomic mass is 9.69. The van der Waals surface area contributed by atoms with Crippen LogP contribution >= 0.6 is 11.8 Å². The van der Waals surface area contributed by atoms with E-state index in [4.69, 9.17) is 4.74 Å². The first-order valence-corrected chi connectivity index (χ1v) is 11.8. The molecule has 1 aromatic rings. The average molecular weight is 429 g/mol. The second kappa shape index (κ2) is 10.7. The van der Waals surface area contributed by atoms with E-state index >= 15 is 0 Å². The van der Waals surface area contributed by atoms with E-state index in [2.05, 4.69) is 6.92 Å². The summed E-state index contributed by atoms with van der Waals surface area (Å²) >= 11 is 0.148. The largest absolute Gasteiger partial charge is 0.426 e. The summed E-state index contributed by atoms with van der Waals surface area (Å²) in [6.45, 7) is 2.26. The molecule has 2 saturated carbocycles. The Labute approximate surface area is 176 Å². The Morgan fingerprint density at radius 1 is 1.07 bits per heavy atom. The first kappa shape index (κ1) is 22.5. The highest BCUT2D eigenvalue weighted by Crippen LogP contribution is 2.42. The monoisotopic (exact) mass is 428 g/mol. The molecule has 2 nitrogen and oxygen atoms in total. The van der Waals surface area contributed by atoms with Crippen molar-refractivity contribution in [2.45, 2.75) is 81.8 Å². The molecule has 0 amide bonds. The number of carbonyl (C=O) groups excluding carboxylic acids is 1. The van der Waals surface area contributed by atoms with E-state index in [1.165, 1.54) is 50.7 Å². The topological polar surface area (TPSA) is 26.3 Å². The van der Waals surface area contributed by atoms with Crippen molar-refractivity contribution in [3.63, 3.8) is 0 Å². The van der Waals surface area contributed by atoms with E-state index < -0.39 is 11.6 Å². The number of hydrogen-bond donors (Lipinski definition) is 0. The summed E-state index contributed by atoms with van der Waals surface area (Å²) in [5.74, 6) is -1.45. The molecule has 1 aromatic carbocycles. The highest BCUT2D eigenvalue weighted by atomic mass is 32.2. The molecule has 2 fully saturated rings. The SMILES string of the molecule is CCCC1CCC(C2CCC(C(=O)Oc3ccc(SC(F)F)c(F)c3)CC2)CC1. The molecule has 0 bridgehead atoms. The molecule has 0 unspecified atom stereocenters. The van der Waals surface area contributed by atoms with Gasteiger partial charge in [0, 0.05) is 11.0 Å². The molecular formula is C23H31F3O2S. The first-order chi connectivity index (χ1) is 14.0. The molecule has 0 heterocycles. The number of carbonyl (C=O) groups is 1. The zero-order chi connectivity index (χ0) is 20.8. The standard InChI is InChI=1S/C23H31F3O2S/c1-2-3-15-4-6-16(7-5-15)17-8-10-18(11-9-17)22(27)28-19-12-13-21(20(24)14-19)29-23(25)26/h12-18,23H,2-11H2,1H3. The van der Waals surface area contributed by atoms with Gasteiger partial charge in [0.05, 0.1) is 5.92 Å². The molecule has 0 atom stereocenters. The number of esters is 1. The van der Waals surface area contributed by atoms with Gasteiger partial charge in [0.15, 0.2) is 0 Å². The first-order valence-electron chi connectivity index (χ1n) is 10.9. The van der Waals surface area contributed by atoms with E-state index in [1.54, 1.807) is 0 Å². The van der Waals surface area contributed by atoms with Crippen LogP contribution in [-0.4, -0.2) is 11.7 Å². The normalized spacial score (nSPS) is 27.8. The van der Waals surface area contributed by atoms with Crippen molar-refractivity contribution in [1.82, 2.24) is 0 Å². The van der Waals surface area contributed by atoms with Crippen LogP contribution in [0.4, 0.5) is 13.2 Å². The third kappa shape index (κ3) is 6.40. The Kier molecular flexibility index (Phi) is 8.34. The lowest BCUT2D eigenvalue weighted by Crippen LogP contribution is -2.30. The van der Waals surface area contributed by atoms with Crippen LogP contribution in [0, 0.1) is 29.5 Å². The average Bonchev–Trinajstić information content (AvgIpc) is 2.71. The number of ether oxygens (including phenoxy) is 1. The maximum atomic E-state index is 13.9. The molecule has 162 valence electrons. The van der Waals surface area contributed by atoms with E-state index in [0.717, 1.165) is 43.6 Å². The molecule has 2 aliphatic rings. The Balaban J connectivity index is 1.45. The van der Waals surface area contributed by atoms with E-state index in [1.807, 2.05) is 0 Å². The van der Waals surface area contributed by atoms with E-state index in [-0.39, 0.29) is 34.3 Å². The Morgan fingerprint density at radius 3 is 2.24 bits per heavy atom. The van der Waals surface area contributed by atoms with Crippen LogP contribution in [0.25, 0.3) is 0 Å². The number of halogens is 3. The molecule has 0 aliphatic heterocycles. The van der Waals surface area contributed by atoms with E-state index in [9.17, 15) is 18.0 Å². The van der Waals surface area contributed by atoms with Crippen molar-refractivity contribution in [2.24, 2.45) is 23.7 Å². The van der Waals surface area contributed by atoms with Gasteiger partial charge in [-0.1, -0.05) is 44.4 Å². The van der Waals surface area contributed by atoms with Crippen LogP contribution in [0.5, 0.6) is 5.75 Å². The van der Waals surface area contributed by atoms with Gasteiger partial charge in [-0.25, -0.2) is 4.39 Å². The maximum absolute atomic E-state index is 13.9. The molecular weight excluding hydrogens is 397 g/mol. The smallest absolute Gasteiger partial charge is 0.314 e. The number of thioether (sulfide) groups is 1. The second-order valence-corrected chi connectivity index (χ2v) is 9.60. The fraction of sp³-hybridized carbons (Fsp3) is 0.696. The summed E-state index contributed by atoms with van der Waals surface area (Å²) in [4.78, 5) is 12.3. The molecule has 6 heteroatoms. The van der Waals surface area contributed by atoms with Gasteiger partial charge < -0.3 is 4.74 Å². The van der Waals surface area contributed by atoms with Crippen molar-refractivity contribution in [1.29, 1.82) is 0 Å². The lowest BCUT2D eigenvalue weighted by molar-refractivity contribution is -0.140. The minimum atomic E-state index is -2.69. The zero-order valence-electron chi connectivity index (χ0n) is 17.0. The van der Waals surface area contributed by atoms with Crippen LogP contribution in [0.1, 0.15) is 71.1 Å². The third-order valence-corrected chi connectivity index (χ3v) is 7.46. The molecule has 0 spiro atoms. The minimum Gasteiger partial charge on any atom is -0.426 e. The predicted molar refractivity (Wildman–Crippen MR) is 110 cm³/mol. The number of hydrogen-bond acceptors (Lipinski definition) is 3. The number of alkyl halides is 2. The number of benzene rings is 1. The fourth-order valence-electron chi connectivity index (χ4n) is 5.12. The van der Waals surface area contributed by atoms with Gasteiger partial charge in [-0.3, -0.25) is 4.79 Å². The van der Waals surface area contributed by atoms with Gasteiger partial charge in [0.25, 0.3) is 5.76 Å². The highest BCUT2D eigenvalue weighted by molar-refractivity contribution is 7.99. The molecule has 29 heavy (non-hydrogen) atoms. The molecule has 2 aliphatic carbocycles. The maximum Gasteiger partial charge on any atom is 0.314 e. The van der Waals surface area contributed by atoms with Crippen LogP contribution in [0.15, 0.2) is 23.1 Å².